The van der Waals surface area contributed by atoms with E-state index in [0.717, 1.165) is 17.9 Å². The average Bonchev–Trinajstić information content (AvgIpc) is 2.56. The lowest BCUT2D eigenvalue weighted by Crippen LogP contribution is -2.40. The van der Waals surface area contributed by atoms with Gasteiger partial charge < -0.3 is 10.4 Å². The normalized spacial score (nSPS) is 22.8. The third kappa shape index (κ3) is 2.56. The molecule has 0 saturated heterocycles. The quantitative estimate of drug-likeness (QED) is 0.877. The maximum absolute atomic E-state index is 9.37. The Kier molecular flexibility index (Phi) is 4.00. The van der Waals surface area contributed by atoms with Gasteiger partial charge in [-0.15, -0.1) is 0 Å². The molecule has 3 heteroatoms. The van der Waals surface area contributed by atoms with Gasteiger partial charge in [-0.05, 0) is 41.5 Å². The molecule has 1 aliphatic carbocycles. The molecule has 1 unspecified atom stereocenters. The van der Waals surface area contributed by atoms with Crippen LogP contribution in [0.2, 0.25) is 5.02 Å². The molecule has 0 aliphatic heterocycles. The standard InChI is InChI=1S/C15H22ClNO/c1-4-12(9-18)17-14-13-7-11(16)6-5-10(13)8-15(14,2)3/h5-7,12,14,17-18H,4,8-9H2,1-3H3/t12-,14?/m1/s1. The molecule has 2 nitrogen and oxygen atoms in total. The number of aliphatic hydroxyl groups is 1. The number of hydrogen-bond acceptors (Lipinski definition) is 2. The lowest BCUT2D eigenvalue weighted by atomic mass is 9.85. The van der Waals surface area contributed by atoms with E-state index < -0.39 is 0 Å². The van der Waals surface area contributed by atoms with Crippen LogP contribution in [-0.2, 0) is 6.42 Å². The highest BCUT2D eigenvalue weighted by Gasteiger charge is 2.39. The number of benzene rings is 1. The topological polar surface area (TPSA) is 32.3 Å². The predicted octanol–water partition coefficient (Wildman–Crippen LogP) is 3.32. The van der Waals surface area contributed by atoms with Gasteiger partial charge in [0.25, 0.3) is 0 Å². The molecule has 2 atom stereocenters. The number of rotatable bonds is 4. The summed E-state index contributed by atoms with van der Waals surface area (Å²) in [7, 11) is 0. The Morgan fingerprint density at radius 2 is 2.22 bits per heavy atom. The van der Waals surface area contributed by atoms with Crippen LogP contribution in [0.5, 0.6) is 0 Å². The zero-order valence-corrected chi connectivity index (χ0v) is 12.1. The van der Waals surface area contributed by atoms with Gasteiger partial charge >= 0.3 is 0 Å². The molecule has 0 fully saturated rings. The van der Waals surface area contributed by atoms with Crippen LogP contribution in [0.15, 0.2) is 18.2 Å². The van der Waals surface area contributed by atoms with Gasteiger partial charge in [0.1, 0.15) is 0 Å². The minimum absolute atomic E-state index is 0.152. The van der Waals surface area contributed by atoms with Crippen LogP contribution in [0.1, 0.15) is 44.4 Å². The summed E-state index contributed by atoms with van der Waals surface area (Å²) >= 11 is 6.11. The van der Waals surface area contributed by atoms with Crippen LogP contribution >= 0.6 is 11.6 Å². The summed E-state index contributed by atoms with van der Waals surface area (Å²) in [5.41, 5.74) is 2.82. The molecular weight excluding hydrogens is 246 g/mol. The molecule has 2 N–H and O–H groups in total. The van der Waals surface area contributed by atoms with Gasteiger partial charge in [0.2, 0.25) is 0 Å². The Bertz CT molecular complexity index is 427. The van der Waals surface area contributed by atoms with E-state index in [-0.39, 0.29) is 24.1 Å². The summed E-state index contributed by atoms with van der Waals surface area (Å²) in [5, 5.41) is 13.7. The zero-order chi connectivity index (χ0) is 13.3. The third-order valence-electron chi connectivity index (χ3n) is 3.96. The molecule has 1 aromatic carbocycles. The van der Waals surface area contributed by atoms with Crippen molar-refractivity contribution in [3.8, 4) is 0 Å². The maximum atomic E-state index is 9.37. The second-order valence-electron chi connectivity index (χ2n) is 5.90. The van der Waals surface area contributed by atoms with E-state index in [4.69, 9.17) is 11.6 Å². The minimum Gasteiger partial charge on any atom is -0.395 e. The van der Waals surface area contributed by atoms with Crippen molar-refractivity contribution in [1.29, 1.82) is 0 Å². The first-order chi connectivity index (χ1) is 8.47. The fraction of sp³-hybridized carbons (Fsp3) is 0.600. The second-order valence-corrected chi connectivity index (χ2v) is 6.33. The summed E-state index contributed by atoms with van der Waals surface area (Å²) in [6.07, 6.45) is 1.98. The molecule has 18 heavy (non-hydrogen) atoms. The largest absolute Gasteiger partial charge is 0.395 e. The van der Waals surface area contributed by atoms with E-state index in [9.17, 15) is 5.11 Å². The minimum atomic E-state index is 0.152. The van der Waals surface area contributed by atoms with Gasteiger partial charge in [-0.1, -0.05) is 38.4 Å². The van der Waals surface area contributed by atoms with Crippen molar-refractivity contribution in [2.75, 3.05) is 6.61 Å². The van der Waals surface area contributed by atoms with Crippen LogP contribution in [0.3, 0.4) is 0 Å². The molecule has 100 valence electrons. The van der Waals surface area contributed by atoms with E-state index in [0.29, 0.717) is 0 Å². The third-order valence-corrected chi connectivity index (χ3v) is 4.20. The van der Waals surface area contributed by atoms with Gasteiger partial charge in [-0.3, -0.25) is 0 Å². The Balaban J connectivity index is 2.30. The number of halogens is 1. The lowest BCUT2D eigenvalue weighted by Gasteiger charge is -2.32. The van der Waals surface area contributed by atoms with Gasteiger partial charge in [0.05, 0.1) is 6.61 Å². The molecular formula is C15H22ClNO. The average molecular weight is 268 g/mol. The number of aliphatic hydroxyl groups excluding tert-OH is 1. The first-order valence-electron chi connectivity index (χ1n) is 6.63. The number of hydrogen-bond donors (Lipinski definition) is 2. The van der Waals surface area contributed by atoms with Crippen molar-refractivity contribution in [3.05, 3.63) is 34.3 Å². The van der Waals surface area contributed by atoms with E-state index in [1.807, 2.05) is 6.07 Å². The van der Waals surface area contributed by atoms with Gasteiger partial charge in [0, 0.05) is 17.1 Å². The van der Waals surface area contributed by atoms with E-state index in [2.05, 4.69) is 38.2 Å². The molecule has 0 heterocycles. The lowest BCUT2D eigenvalue weighted by molar-refractivity contribution is 0.188. The summed E-state index contributed by atoms with van der Waals surface area (Å²) in [6, 6.07) is 6.57. The predicted molar refractivity (Wildman–Crippen MR) is 76.0 cm³/mol. The van der Waals surface area contributed by atoms with E-state index in [1.165, 1.54) is 11.1 Å². The van der Waals surface area contributed by atoms with Crippen LogP contribution in [0, 0.1) is 5.41 Å². The molecule has 0 aromatic heterocycles. The van der Waals surface area contributed by atoms with Crippen molar-refractivity contribution in [2.24, 2.45) is 5.41 Å². The highest BCUT2D eigenvalue weighted by Crippen LogP contribution is 2.46. The zero-order valence-electron chi connectivity index (χ0n) is 11.3. The molecule has 0 radical (unpaired) electrons. The highest BCUT2D eigenvalue weighted by atomic mass is 35.5. The Morgan fingerprint density at radius 3 is 2.83 bits per heavy atom. The van der Waals surface area contributed by atoms with Gasteiger partial charge in [-0.2, -0.15) is 0 Å². The molecule has 0 spiro atoms. The molecule has 1 aliphatic rings. The van der Waals surface area contributed by atoms with Crippen LogP contribution < -0.4 is 5.32 Å². The van der Waals surface area contributed by atoms with E-state index in [1.54, 1.807) is 0 Å². The van der Waals surface area contributed by atoms with Crippen molar-refractivity contribution in [1.82, 2.24) is 5.32 Å². The van der Waals surface area contributed by atoms with Crippen LogP contribution in [-0.4, -0.2) is 17.8 Å². The molecule has 2 rings (SSSR count). The van der Waals surface area contributed by atoms with Crippen molar-refractivity contribution in [3.63, 3.8) is 0 Å². The summed E-state index contributed by atoms with van der Waals surface area (Å²) in [4.78, 5) is 0. The fourth-order valence-corrected chi connectivity index (χ4v) is 3.04. The Labute approximate surface area is 114 Å². The highest BCUT2D eigenvalue weighted by molar-refractivity contribution is 6.30. The van der Waals surface area contributed by atoms with Gasteiger partial charge in [-0.25, -0.2) is 0 Å². The fourth-order valence-electron chi connectivity index (χ4n) is 2.86. The van der Waals surface area contributed by atoms with Crippen LogP contribution in [0.4, 0.5) is 0 Å². The first-order valence-corrected chi connectivity index (χ1v) is 7.01. The molecule has 0 amide bonds. The Hall–Kier alpha value is -0.570. The maximum Gasteiger partial charge on any atom is 0.0584 e. The summed E-state index contributed by atoms with van der Waals surface area (Å²) in [5.74, 6) is 0. The number of fused-ring (bicyclic) bond motifs is 1. The van der Waals surface area contributed by atoms with E-state index >= 15 is 0 Å². The molecule has 1 aromatic rings. The monoisotopic (exact) mass is 267 g/mol. The summed E-state index contributed by atoms with van der Waals surface area (Å²) in [6.45, 7) is 6.80. The van der Waals surface area contributed by atoms with Crippen LogP contribution in [0.25, 0.3) is 0 Å². The molecule has 0 saturated carbocycles. The molecule has 0 bridgehead atoms. The Morgan fingerprint density at radius 1 is 1.50 bits per heavy atom. The first kappa shape index (κ1) is 13.9. The summed E-state index contributed by atoms with van der Waals surface area (Å²) < 4.78 is 0. The second kappa shape index (κ2) is 5.20. The van der Waals surface area contributed by atoms with Crippen molar-refractivity contribution in [2.45, 2.75) is 45.7 Å². The van der Waals surface area contributed by atoms with Gasteiger partial charge in [0.15, 0.2) is 0 Å². The SMILES string of the molecule is CC[C@H](CO)NC1c2cc(Cl)ccc2CC1(C)C. The smallest absolute Gasteiger partial charge is 0.0584 e. The number of nitrogens with one attached hydrogen (secondary N) is 1. The van der Waals surface area contributed by atoms with Crippen molar-refractivity contribution < 1.29 is 5.11 Å². The van der Waals surface area contributed by atoms with Crippen molar-refractivity contribution >= 4 is 11.6 Å².